The first-order valence-corrected chi connectivity index (χ1v) is 11.0. The van der Waals surface area contributed by atoms with Crippen molar-refractivity contribution >= 4 is 29.1 Å². The van der Waals surface area contributed by atoms with Crippen LogP contribution in [-0.4, -0.2) is 78.5 Å². The lowest BCUT2D eigenvalue weighted by molar-refractivity contribution is -0.114. The van der Waals surface area contributed by atoms with E-state index < -0.39 is 0 Å². The van der Waals surface area contributed by atoms with Gasteiger partial charge in [-0.2, -0.15) is 0 Å². The molecule has 8 nitrogen and oxygen atoms in total. The molecule has 1 fully saturated rings. The van der Waals surface area contributed by atoms with Crippen LogP contribution in [0.25, 0.3) is 0 Å². The molecule has 0 N–H and O–H groups in total. The van der Waals surface area contributed by atoms with Crippen LogP contribution in [-0.2, 0) is 4.79 Å². The van der Waals surface area contributed by atoms with Crippen molar-refractivity contribution in [3.05, 3.63) is 59.2 Å². The molecule has 2 amide bonds. The number of para-hydroxylation sites is 1. The zero-order chi connectivity index (χ0) is 22.7. The number of amides is 2. The quantitative estimate of drug-likeness (QED) is 0.645. The van der Waals surface area contributed by atoms with Gasteiger partial charge in [0, 0.05) is 44.0 Å². The minimum Gasteiger partial charge on any atom is -0.489 e. The second kappa shape index (κ2) is 9.67. The van der Waals surface area contributed by atoms with Gasteiger partial charge in [0.15, 0.2) is 5.75 Å². The lowest BCUT2D eigenvalue weighted by atomic mass is 10.1. The molecule has 0 saturated carbocycles. The summed E-state index contributed by atoms with van der Waals surface area (Å²) in [7, 11) is 3.89. The zero-order valence-electron chi connectivity index (χ0n) is 18.2. The van der Waals surface area contributed by atoms with Crippen molar-refractivity contribution in [2.75, 3.05) is 51.8 Å². The van der Waals surface area contributed by atoms with Crippen molar-refractivity contribution in [3.8, 4) is 5.75 Å². The van der Waals surface area contributed by atoms with Gasteiger partial charge < -0.3 is 19.4 Å². The third kappa shape index (κ3) is 4.76. The van der Waals surface area contributed by atoms with Crippen molar-refractivity contribution in [1.29, 1.82) is 0 Å². The number of halogens is 1. The van der Waals surface area contributed by atoms with Crippen LogP contribution in [0.1, 0.15) is 28.5 Å². The fourth-order valence-electron chi connectivity index (χ4n) is 3.96. The first-order valence-electron chi connectivity index (χ1n) is 10.6. The van der Waals surface area contributed by atoms with Gasteiger partial charge in [-0.1, -0.05) is 23.7 Å². The summed E-state index contributed by atoms with van der Waals surface area (Å²) >= 11 is 5.88. The van der Waals surface area contributed by atoms with E-state index in [1.54, 1.807) is 40.4 Å². The third-order valence-electron chi connectivity index (χ3n) is 5.55. The zero-order valence-corrected chi connectivity index (χ0v) is 19.0. The first-order chi connectivity index (χ1) is 15.4. The van der Waals surface area contributed by atoms with Gasteiger partial charge in [0.05, 0.1) is 22.8 Å². The highest BCUT2D eigenvalue weighted by molar-refractivity contribution is 6.30. The highest BCUT2D eigenvalue weighted by Gasteiger charge is 2.33. The van der Waals surface area contributed by atoms with Gasteiger partial charge in [-0.3, -0.25) is 9.59 Å². The van der Waals surface area contributed by atoms with E-state index in [9.17, 15) is 9.59 Å². The molecule has 2 aromatic rings. The number of rotatable bonds is 5. The van der Waals surface area contributed by atoms with Gasteiger partial charge in [-0.25, -0.2) is 9.97 Å². The van der Waals surface area contributed by atoms with Gasteiger partial charge in [0.25, 0.3) is 11.8 Å². The van der Waals surface area contributed by atoms with Crippen LogP contribution in [0.2, 0.25) is 5.02 Å². The maximum absolute atomic E-state index is 13.3. The molecule has 9 heteroatoms. The number of carbonyl (C=O) groups is 2. The predicted octanol–water partition coefficient (Wildman–Crippen LogP) is 2.60. The normalized spacial score (nSPS) is 18.2. The molecule has 0 radical (unpaired) electrons. The minimum atomic E-state index is -0.123. The Hall–Kier alpha value is -2.97. The number of fused-ring (bicyclic) bond motifs is 1. The van der Waals surface area contributed by atoms with Crippen molar-refractivity contribution in [3.63, 3.8) is 0 Å². The first kappa shape index (κ1) is 22.2. The Morgan fingerprint density at radius 1 is 1.25 bits per heavy atom. The summed E-state index contributed by atoms with van der Waals surface area (Å²) in [6, 6.07) is 5.36. The van der Waals surface area contributed by atoms with Crippen LogP contribution in [0, 0.1) is 0 Å². The summed E-state index contributed by atoms with van der Waals surface area (Å²) in [5, 5.41) is 0.489. The van der Waals surface area contributed by atoms with E-state index in [0.29, 0.717) is 60.6 Å². The number of likely N-dealkylation sites (tertiary alicyclic amines) is 1. The van der Waals surface area contributed by atoms with Crippen LogP contribution in [0.15, 0.2) is 42.7 Å². The molecule has 0 unspecified atom stereocenters. The van der Waals surface area contributed by atoms with Crippen LogP contribution in [0.5, 0.6) is 5.75 Å². The number of nitrogens with zero attached hydrogens (tertiary/aromatic N) is 5. The van der Waals surface area contributed by atoms with Crippen molar-refractivity contribution in [2.45, 2.75) is 12.3 Å². The second-order valence-corrected chi connectivity index (χ2v) is 8.59. The van der Waals surface area contributed by atoms with E-state index in [1.807, 2.05) is 31.1 Å². The Bertz CT molecular complexity index is 1020. The van der Waals surface area contributed by atoms with Gasteiger partial charge >= 0.3 is 0 Å². The average molecular weight is 456 g/mol. The van der Waals surface area contributed by atoms with E-state index in [1.165, 1.54) is 0 Å². The molecular formula is C23H26ClN5O3. The number of anilines is 1. The predicted molar refractivity (Wildman–Crippen MR) is 122 cm³/mol. The standard InChI is InChI=1S/C23H26ClN5O3/c1-27(2)9-4-7-20(30)29-11-12-32-21-18(5-3-6-19(21)29)23(31)28-10-8-16(15-28)22-25-13-17(24)14-26-22/h3-7,13-14,16H,8-12,15H2,1-2H3/b7-4+/t16-/m1/s1. The molecule has 32 heavy (non-hydrogen) atoms. The van der Waals surface area contributed by atoms with Gasteiger partial charge in [-0.15, -0.1) is 0 Å². The maximum atomic E-state index is 13.3. The Labute approximate surface area is 192 Å². The molecule has 0 spiro atoms. The number of hydrogen-bond acceptors (Lipinski definition) is 6. The molecule has 0 aliphatic carbocycles. The van der Waals surface area contributed by atoms with E-state index in [0.717, 1.165) is 6.42 Å². The smallest absolute Gasteiger partial charge is 0.257 e. The largest absolute Gasteiger partial charge is 0.489 e. The summed E-state index contributed by atoms with van der Waals surface area (Å²) in [6.07, 6.45) is 7.34. The van der Waals surface area contributed by atoms with Crippen molar-refractivity contribution in [1.82, 2.24) is 19.8 Å². The molecule has 2 aliphatic heterocycles. The Balaban J connectivity index is 1.51. The summed E-state index contributed by atoms with van der Waals surface area (Å²) in [4.78, 5) is 40.1. The fraction of sp³-hybridized carbons (Fsp3) is 0.391. The molecule has 1 saturated heterocycles. The topological polar surface area (TPSA) is 78.9 Å². The van der Waals surface area contributed by atoms with E-state index in [-0.39, 0.29) is 17.7 Å². The Morgan fingerprint density at radius 3 is 2.78 bits per heavy atom. The molecule has 168 valence electrons. The van der Waals surface area contributed by atoms with Crippen LogP contribution >= 0.6 is 11.6 Å². The molecule has 0 bridgehead atoms. The minimum absolute atomic E-state index is 0.0663. The summed E-state index contributed by atoms with van der Waals surface area (Å²) < 4.78 is 5.87. The van der Waals surface area contributed by atoms with Gasteiger partial charge in [0.2, 0.25) is 0 Å². The van der Waals surface area contributed by atoms with Crippen LogP contribution < -0.4 is 9.64 Å². The molecule has 1 atom stereocenters. The average Bonchev–Trinajstić information content (AvgIpc) is 3.28. The SMILES string of the molecule is CN(C)C/C=C/C(=O)N1CCOc2c(C(=O)N3CC[C@@H](c4ncc(Cl)cn4)C3)cccc21. The number of benzene rings is 1. The summed E-state index contributed by atoms with van der Waals surface area (Å²) in [5.74, 6) is 0.982. The van der Waals surface area contributed by atoms with Crippen molar-refractivity contribution in [2.24, 2.45) is 0 Å². The number of likely N-dealkylation sites (N-methyl/N-ethyl adjacent to an activating group) is 1. The number of hydrogen-bond donors (Lipinski definition) is 0. The number of carbonyl (C=O) groups excluding carboxylic acids is 2. The number of ether oxygens (including phenoxy) is 1. The lowest BCUT2D eigenvalue weighted by Gasteiger charge is -2.30. The molecule has 4 rings (SSSR count). The van der Waals surface area contributed by atoms with Crippen LogP contribution in [0.4, 0.5) is 5.69 Å². The summed E-state index contributed by atoms with van der Waals surface area (Å²) in [5.41, 5.74) is 1.09. The van der Waals surface area contributed by atoms with Crippen LogP contribution in [0.3, 0.4) is 0 Å². The van der Waals surface area contributed by atoms with E-state index in [2.05, 4.69) is 9.97 Å². The van der Waals surface area contributed by atoms with E-state index >= 15 is 0 Å². The van der Waals surface area contributed by atoms with Crippen molar-refractivity contribution < 1.29 is 14.3 Å². The number of aromatic nitrogens is 2. The molecule has 1 aromatic carbocycles. The third-order valence-corrected chi connectivity index (χ3v) is 5.75. The molecule has 1 aromatic heterocycles. The van der Waals surface area contributed by atoms with Gasteiger partial charge in [-0.05, 0) is 32.6 Å². The highest BCUT2D eigenvalue weighted by atomic mass is 35.5. The Kier molecular flexibility index (Phi) is 6.72. The lowest BCUT2D eigenvalue weighted by Crippen LogP contribution is -2.38. The fourth-order valence-corrected chi connectivity index (χ4v) is 4.06. The molecule has 3 heterocycles. The van der Waals surface area contributed by atoms with Gasteiger partial charge in [0.1, 0.15) is 12.4 Å². The maximum Gasteiger partial charge on any atom is 0.257 e. The molecular weight excluding hydrogens is 430 g/mol. The molecule has 2 aliphatic rings. The second-order valence-electron chi connectivity index (χ2n) is 8.15. The Morgan fingerprint density at radius 2 is 2.03 bits per heavy atom. The highest BCUT2D eigenvalue weighted by Crippen LogP contribution is 2.37. The summed E-state index contributed by atoms with van der Waals surface area (Å²) in [6.45, 7) is 2.59. The monoisotopic (exact) mass is 455 g/mol. The van der Waals surface area contributed by atoms with E-state index in [4.69, 9.17) is 16.3 Å².